The Morgan fingerprint density at radius 1 is 1.09 bits per heavy atom. The number of anilines is 1. The van der Waals surface area contributed by atoms with E-state index in [0.29, 0.717) is 30.4 Å². The molecule has 0 amide bonds. The van der Waals surface area contributed by atoms with E-state index in [1.807, 2.05) is 0 Å². The molecule has 4 aliphatic rings. The molecule has 2 aliphatic carbocycles. The number of hydrogen-bond donors (Lipinski definition) is 2. The third-order valence-electron chi connectivity index (χ3n) is 9.86. The van der Waals surface area contributed by atoms with Crippen LogP contribution in [0.4, 0.5) is 18.3 Å². The molecular weight excluding hydrogens is 593 g/mol. The molecule has 12 heteroatoms. The number of fused-ring (bicyclic) bond motifs is 3. The third-order valence-corrected chi connectivity index (χ3v) is 10.9. The number of nitrogens with zero attached hydrogens (tertiary/aromatic N) is 3. The van der Waals surface area contributed by atoms with Gasteiger partial charge in [0.2, 0.25) is 0 Å². The van der Waals surface area contributed by atoms with Gasteiger partial charge in [0, 0.05) is 41.7 Å². The Balaban J connectivity index is 0.953. The van der Waals surface area contributed by atoms with Crippen molar-refractivity contribution in [3.8, 4) is 17.0 Å². The zero-order valence-corrected chi connectivity index (χ0v) is 24.6. The van der Waals surface area contributed by atoms with Gasteiger partial charge in [-0.2, -0.15) is 0 Å². The number of benzene rings is 2. The minimum atomic E-state index is -4.80. The lowest BCUT2D eigenvalue weighted by Gasteiger charge is -2.55. The zero-order chi connectivity index (χ0) is 30.2. The van der Waals surface area contributed by atoms with Crippen LogP contribution in [-0.2, 0) is 6.54 Å². The van der Waals surface area contributed by atoms with Gasteiger partial charge < -0.3 is 24.6 Å². The molecule has 4 aromatic rings. The van der Waals surface area contributed by atoms with Crippen molar-refractivity contribution >= 4 is 32.7 Å². The van der Waals surface area contributed by atoms with Crippen LogP contribution in [0.5, 0.6) is 5.75 Å². The van der Waals surface area contributed by atoms with Crippen LogP contribution in [0.25, 0.3) is 21.5 Å². The lowest BCUT2D eigenvalue weighted by atomic mass is 9.58. The standard InChI is InChI=1S/C32H31F3N4O4S/c33-32(34,35)42-25-4-2-1-3-22(25)27-23(28(43-38-27)17-5-6-17)16-36-19-12-31(13-19)14-20-8-9-21(15-31)39(20)30-37-24-10-7-18(29(40)41)11-26(24)44-30/h1-4,7,10-11,17,19-21,36H,5-6,8-9,12-16H2,(H,40,41). The Labute approximate surface area is 255 Å². The fraction of sp³-hybridized carbons (Fsp3) is 0.469. The summed E-state index contributed by atoms with van der Waals surface area (Å²) in [6, 6.07) is 12.4. The van der Waals surface area contributed by atoms with Gasteiger partial charge in [-0.1, -0.05) is 28.6 Å². The minimum absolute atomic E-state index is 0.259. The van der Waals surface area contributed by atoms with Crippen LogP contribution >= 0.6 is 11.3 Å². The fourth-order valence-electron chi connectivity index (χ4n) is 7.87. The molecule has 4 fully saturated rings. The van der Waals surface area contributed by atoms with Crippen LogP contribution in [0, 0.1) is 5.41 Å². The molecule has 2 aromatic carbocycles. The van der Waals surface area contributed by atoms with E-state index in [2.05, 4.69) is 20.1 Å². The first-order valence-electron chi connectivity index (χ1n) is 15.1. The first-order valence-corrected chi connectivity index (χ1v) is 16.0. The molecule has 44 heavy (non-hydrogen) atoms. The predicted molar refractivity (Wildman–Crippen MR) is 158 cm³/mol. The minimum Gasteiger partial charge on any atom is -0.478 e. The van der Waals surface area contributed by atoms with Crippen LogP contribution in [-0.4, -0.2) is 45.7 Å². The molecule has 2 atom stereocenters. The first-order chi connectivity index (χ1) is 21.1. The van der Waals surface area contributed by atoms with Crippen molar-refractivity contribution in [2.24, 2.45) is 5.41 Å². The summed E-state index contributed by atoms with van der Waals surface area (Å²) in [4.78, 5) is 18.8. The van der Waals surface area contributed by atoms with Crippen molar-refractivity contribution in [1.29, 1.82) is 0 Å². The van der Waals surface area contributed by atoms with Gasteiger partial charge in [0.25, 0.3) is 0 Å². The highest BCUT2D eigenvalue weighted by atomic mass is 32.1. The largest absolute Gasteiger partial charge is 0.573 e. The second-order valence-electron chi connectivity index (χ2n) is 12.9. The molecule has 8 nitrogen and oxygen atoms in total. The SMILES string of the molecule is O=C(O)c1ccc2nc(N3C4CCC3CC3(CC(NCc5c(-c6ccccc6OC(F)(F)F)noc5C5CC5)C3)C4)sc2c1. The number of rotatable bonds is 8. The summed E-state index contributed by atoms with van der Waals surface area (Å²) >= 11 is 1.58. The normalized spacial score (nSPS) is 26.3. The van der Waals surface area contributed by atoms with Crippen LogP contribution in [0.1, 0.15) is 79.0 Å². The fourth-order valence-corrected chi connectivity index (χ4v) is 9.02. The van der Waals surface area contributed by atoms with Crippen molar-refractivity contribution in [3.63, 3.8) is 0 Å². The first kappa shape index (κ1) is 27.9. The van der Waals surface area contributed by atoms with Crippen molar-refractivity contribution in [1.82, 2.24) is 15.5 Å². The van der Waals surface area contributed by atoms with Gasteiger partial charge >= 0.3 is 12.3 Å². The molecule has 2 aliphatic heterocycles. The Kier molecular flexibility index (Phi) is 6.46. The van der Waals surface area contributed by atoms with Crippen LogP contribution < -0.4 is 15.0 Å². The molecular formula is C32H31F3N4O4S. The number of halogens is 3. The quantitative estimate of drug-likeness (QED) is 0.208. The average Bonchev–Trinajstić information content (AvgIpc) is 3.48. The lowest BCUT2D eigenvalue weighted by molar-refractivity contribution is -0.274. The van der Waals surface area contributed by atoms with Crippen LogP contribution in [0.2, 0.25) is 0 Å². The van der Waals surface area contributed by atoms with Gasteiger partial charge in [0.1, 0.15) is 17.2 Å². The van der Waals surface area contributed by atoms with E-state index in [1.54, 1.807) is 41.7 Å². The summed E-state index contributed by atoms with van der Waals surface area (Å²) in [5.41, 5.74) is 2.91. The predicted octanol–water partition coefficient (Wildman–Crippen LogP) is 7.50. The van der Waals surface area contributed by atoms with Gasteiger partial charge in [-0.05, 0) is 87.1 Å². The maximum Gasteiger partial charge on any atom is 0.573 e. The Bertz CT molecular complexity index is 1730. The van der Waals surface area contributed by atoms with Gasteiger partial charge in [-0.25, -0.2) is 9.78 Å². The molecule has 2 bridgehead atoms. The lowest BCUT2D eigenvalue weighted by Crippen LogP contribution is -2.57. The number of carboxylic acids is 1. The Morgan fingerprint density at radius 3 is 2.55 bits per heavy atom. The highest BCUT2D eigenvalue weighted by Crippen LogP contribution is 2.57. The van der Waals surface area contributed by atoms with E-state index in [0.717, 1.165) is 78.0 Å². The Morgan fingerprint density at radius 2 is 1.84 bits per heavy atom. The molecule has 8 rings (SSSR count). The molecule has 2 unspecified atom stereocenters. The number of carbonyl (C=O) groups is 1. The number of thiazole rings is 1. The molecule has 230 valence electrons. The van der Waals surface area contributed by atoms with Crippen molar-refractivity contribution in [3.05, 3.63) is 59.4 Å². The van der Waals surface area contributed by atoms with Crippen LogP contribution in [0.3, 0.4) is 0 Å². The number of aromatic nitrogens is 2. The number of aromatic carboxylic acids is 1. The zero-order valence-electron chi connectivity index (χ0n) is 23.8. The summed E-state index contributed by atoms with van der Waals surface area (Å²) in [5, 5.41) is 18.3. The number of piperidine rings is 1. The summed E-state index contributed by atoms with van der Waals surface area (Å²) in [6.45, 7) is 0.481. The van der Waals surface area contributed by atoms with Crippen molar-refractivity contribution in [2.75, 3.05) is 4.90 Å². The molecule has 0 radical (unpaired) electrons. The second kappa shape index (κ2) is 10.2. The summed E-state index contributed by atoms with van der Waals surface area (Å²) in [5.74, 6) is -0.188. The van der Waals surface area contributed by atoms with E-state index in [4.69, 9.17) is 9.51 Å². The van der Waals surface area contributed by atoms with Gasteiger partial charge in [-0.15, -0.1) is 13.2 Å². The maximum atomic E-state index is 13.1. The highest BCUT2D eigenvalue weighted by Gasteiger charge is 2.54. The van der Waals surface area contributed by atoms with E-state index in [9.17, 15) is 23.1 Å². The topological polar surface area (TPSA) is 101 Å². The number of carboxylic acid groups (broad SMARTS) is 1. The summed E-state index contributed by atoms with van der Waals surface area (Å²) < 4.78 is 50.3. The van der Waals surface area contributed by atoms with E-state index >= 15 is 0 Å². The van der Waals surface area contributed by atoms with E-state index in [1.165, 1.54) is 12.1 Å². The number of nitrogens with one attached hydrogen (secondary N) is 1. The second-order valence-corrected chi connectivity index (χ2v) is 13.9. The molecule has 2 saturated carbocycles. The monoisotopic (exact) mass is 624 g/mol. The number of hydrogen-bond acceptors (Lipinski definition) is 8. The average molecular weight is 625 g/mol. The van der Waals surface area contributed by atoms with Gasteiger partial charge in [0.15, 0.2) is 5.13 Å². The van der Waals surface area contributed by atoms with E-state index < -0.39 is 12.3 Å². The Hall–Kier alpha value is -3.64. The number of ether oxygens (including phenoxy) is 1. The summed E-state index contributed by atoms with van der Waals surface area (Å²) in [6.07, 6.45) is 3.77. The summed E-state index contributed by atoms with van der Waals surface area (Å²) in [7, 11) is 0. The number of alkyl halides is 3. The van der Waals surface area contributed by atoms with Crippen molar-refractivity contribution < 1.29 is 32.3 Å². The molecule has 1 spiro atoms. The highest BCUT2D eigenvalue weighted by molar-refractivity contribution is 7.22. The third kappa shape index (κ3) is 5.01. The molecule has 2 N–H and O–H groups in total. The van der Waals surface area contributed by atoms with E-state index in [-0.39, 0.29) is 28.2 Å². The van der Waals surface area contributed by atoms with Crippen LogP contribution in [0.15, 0.2) is 47.0 Å². The van der Waals surface area contributed by atoms with Gasteiger partial charge in [-0.3, -0.25) is 0 Å². The molecule has 2 aromatic heterocycles. The van der Waals surface area contributed by atoms with Crippen molar-refractivity contribution in [2.45, 2.75) is 88.3 Å². The molecule has 2 saturated heterocycles. The smallest absolute Gasteiger partial charge is 0.478 e. The molecule has 4 heterocycles. The number of para-hydroxylation sites is 1. The maximum absolute atomic E-state index is 13.1. The van der Waals surface area contributed by atoms with Gasteiger partial charge in [0.05, 0.1) is 15.8 Å².